The molecular formula is C31H35ClFN3O4S. The molecule has 41 heavy (non-hydrogen) atoms. The first-order chi connectivity index (χ1) is 19.5. The summed E-state index contributed by atoms with van der Waals surface area (Å²) in [6.45, 7) is 4.63. The molecule has 0 bridgehead atoms. The van der Waals surface area contributed by atoms with E-state index in [9.17, 15) is 22.4 Å². The molecule has 0 spiro atoms. The lowest BCUT2D eigenvalue weighted by atomic mass is 10.1. The second-order valence-corrected chi connectivity index (χ2v) is 12.9. The minimum Gasteiger partial charge on any atom is -0.352 e. The lowest BCUT2D eigenvalue weighted by molar-refractivity contribution is -0.139. The number of hydrogen-bond donors (Lipinski definition) is 1. The molecule has 0 aliphatic heterocycles. The van der Waals surface area contributed by atoms with E-state index in [1.165, 1.54) is 35.2 Å². The zero-order valence-electron chi connectivity index (χ0n) is 23.4. The number of halogens is 2. The molecule has 1 aliphatic carbocycles. The molecule has 4 rings (SSSR count). The average molecular weight is 600 g/mol. The molecule has 1 fully saturated rings. The van der Waals surface area contributed by atoms with Crippen LogP contribution in [-0.2, 0) is 26.2 Å². The lowest BCUT2D eigenvalue weighted by Gasteiger charge is -2.33. The quantitative estimate of drug-likeness (QED) is 0.321. The third kappa shape index (κ3) is 7.45. The fourth-order valence-corrected chi connectivity index (χ4v) is 6.60. The van der Waals surface area contributed by atoms with Crippen LogP contribution in [0.4, 0.5) is 10.1 Å². The van der Waals surface area contributed by atoms with Crippen molar-refractivity contribution in [2.45, 2.75) is 70.0 Å². The largest absolute Gasteiger partial charge is 0.352 e. The monoisotopic (exact) mass is 599 g/mol. The number of hydrogen-bond acceptors (Lipinski definition) is 4. The Hall–Kier alpha value is -3.43. The SMILES string of the molecule is Cc1ccc(S(=O)(=O)N(CC(=O)N(Cc2ccc(F)cc2)[C@@H](C)C(=O)NC2CCCC2)c2cc(Cl)ccc2C)cc1. The van der Waals surface area contributed by atoms with Gasteiger partial charge in [-0.3, -0.25) is 13.9 Å². The second kappa shape index (κ2) is 13.0. The van der Waals surface area contributed by atoms with Crippen molar-refractivity contribution in [2.75, 3.05) is 10.8 Å². The van der Waals surface area contributed by atoms with Gasteiger partial charge in [0, 0.05) is 17.6 Å². The van der Waals surface area contributed by atoms with Crippen LogP contribution in [0.5, 0.6) is 0 Å². The van der Waals surface area contributed by atoms with Crippen LogP contribution in [0.25, 0.3) is 0 Å². The molecule has 0 saturated heterocycles. The predicted molar refractivity (Wildman–Crippen MR) is 159 cm³/mol. The number of benzene rings is 3. The highest BCUT2D eigenvalue weighted by Gasteiger charge is 2.34. The molecule has 7 nitrogen and oxygen atoms in total. The standard InChI is InChI=1S/C31H35ClFN3O4S/c1-21-8-16-28(17-9-21)41(39,40)36(29-18-25(32)13-10-22(29)2)20-30(37)35(19-24-11-14-26(33)15-12-24)23(3)31(38)34-27-6-4-5-7-27/h8-18,23,27H,4-7,19-20H2,1-3H3,(H,34,38)/t23-/m0/s1. The van der Waals surface area contributed by atoms with Gasteiger partial charge in [0.25, 0.3) is 10.0 Å². The van der Waals surface area contributed by atoms with Gasteiger partial charge in [-0.15, -0.1) is 0 Å². The van der Waals surface area contributed by atoms with Gasteiger partial charge in [-0.2, -0.15) is 0 Å². The number of rotatable bonds is 10. The number of carbonyl (C=O) groups excluding carboxylic acids is 2. The lowest BCUT2D eigenvalue weighted by Crippen LogP contribution is -2.52. The van der Waals surface area contributed by atoms with E-state index in [0.717, 1.165) is 35.6 Å². The van der Waals surface area contributed by atoms with E-state index in [1.807, 2.05) is 6.92 Å². The minimum atomic E-state index is -4.20. The molecular weight excluding hydrogens is 565 g/mol. The van der Waals surface area contributed by atoms with Crippen LogP contribution in [-0.4, -0.2) is 43.8 Å². The Labute approximate surface area is 246 Å². The molecule has 2 amide bonds. The number of carbonyl (C=O) groups is 2. The number of anilines is 1. The summed E-state index contributed by atoms with van der Waals surface area (Å²) in [7, 11) is -4.20. The van der Waals surface area contributed by atoms with Crippen molar-refractivity contribution in [3.63, 3.8) is 0 Å². The van der Waals surface area contributed by atoms with E-state index in [-0.39, 0.29) is 29.1 Å². The van der Waals surface area contributed by atoms with E-state index in [1.54, 1.807) is 50.2 Å². The number of sulfonamides is 1. The van der Waals surface area contributed by atoms with Crippen molar-refractivity contribution >= 4 is 39.1 Å². The van der Waals surface area contributed by atoms with Crippen molar-refractivity contribution in [2.24, 2.45) is 0 Å². The smallest absolute Gasteiger partial charge is 0.264 e. The molecule has 3 aromatic carbocycles. The summed E-state index contributed by atoms with van der Waals surface area (Å²) >= 11 is 6.27. The highest BCUT2D eigenvalue weighted by Crippen LogP contribution is 2.30. The molecule has 0 radical (unpaired) electrons. The van der Waals surface area contributed by atoms with Gasteiger partial charge < -0.3 is 10.2 Å². The van der Waals surface area contributed by atoms with Gasteiger partial charge in [0.1, 0.15) is 18.4 Å². The van der Waals surface area contributed by atoms with Gasteiger partial charge in [0.2, 0.25) is 11.8 Å². The first kappa shape index (κ1) is 30.5. The Morgan fingerprint density at radius 3 is 2.27 bits per heavy atom. The van der Waals surface area contributed by atoms with Gasteiger partial charge in [0.05, 0.1) is 10.6 Å². The summed E-state index contributed by atoms with van der Waals surface area (Å²) in [6.07, 6.45) is 3.81. The van der Waals surface area contributed by atoms with E-state index in [4.69, 9.17) is 11.6 Å². The molecule has 0 aromatic heterocycles. The van der Waals surface area contributed by atoms with Gasteiger partial charge >= 0.3 is 0 Å². The summed E-state index contributed by atoms with van der Waals surface area (Å²) in [4.78, 5) is 28.7. The van der Waals surface area contributed by atoms with Gasteiger partial charge in [-0.25, -0.2) is 12.8 Å². The van der Waals surface area contributed by atoms with Crippen LogP contribution < -0.4 is 9.62 Å². The predicted octanol–water partition coefficient (Wildman–Crippen LogP) is 5.77. The fraction of sp³-hybridized carbons (Fsp3) is 0.355. The Kier molecular flexibility index (Phi) is 9.71. The third-order valence-corrected chi connectivity index (χ3v) is 9.47. The van der Waals surface area contributed by atoms with E-state index in [2.05, 4.69) is 5.32 Å². The number of nitrogens with one attached hydrogen (secondary N) is 1. The first-order valence-corrected chi connectivity index (χ1v) is 15.5. The summed E-state index contributed by atoms with van der Waals surface area (Å²) < 4.78 is 42.6. The zero-order valence-corrected chi connectivity index (χ0v) is 25.0. The van der Waals surface area contributed by atoms with Crippen LogP contribution in [0.2, 0.25) is 5.02 Å². The maximum atomic E-state index is 14.0. The Morgan fingerprint density at radius 1 is 1.00 bits per heavy atom. The molecule has 3 aromatic rings. The van der Waals surface area contributed by atoms with Crippen molar-refractivity contribution in [1.82, 2.24) is 10.2 Å². The van der Waals surface area contributed by atoms with E-state index in [0.29, 0.717) is 16.1 Å². The van der Waals surface area contributed by atoms with Crippen molar-refractivity contribution < 1.29 is 22.4 Å². The Bertz CT molecular complexity index is 1490. The second-order valence-electron chi connectivity index (χ2n) is 10.6. The van der Waals surface area contributed by atoms with Crippen molar-refractivity contribution in [3.8, 4) is 0 Å². The normalized spacial score (nSPS) is 14.5. The highest BCUT2D eigenvalue weighted by molar-refractivity contribution is 7.92. The summed E-state index contributed by atoms with van der Waals surface area (Å²) in [5, 5.41) is 3.34. The van der Waals surface area contributed by atoms with Crippen LogP contribution in [0.1, 0.15) is 49.3 Å². The summed E-state index contributed by atoms with van der Waals surface area (Å²) in [5.41, 5.74) is 2.36. The van der Waals surface area contributed by atoms with Gasteiger partial charge in [-0.1, -0.05) is 60.3 Å². The molecule has 10 heteroatoms. The number of nitrogens with zero attached hydrogens (tertiary/aromatic N) is 2. The number of aryl methyl sites for hydroxylation is 2. The van der Waals surface area contributed by atoms with Gasteiger partial charge in [0.15, 0.2) is 0 Å². The van der Waals surface area contributed by atoms with Crippen LogP contribution >= 0.6 is 11.6 Å². The van der Waals surface area contributed by atoms with Crippen LogP contribution in [0.15, 0.2) is 71.6 Å². The maximum absolute atomic E-state index is 14.0. The van der Waals surface area contributed by atoms with Crippen LogP contribution in [0, 0.1) is 19.7 Å². The van der Waals surface area contributed by atoms with Crippen molar-refractivity contribution in [1.29, 1.82) is 0 Å². The Balaban J connectivity index is 1.71. The average Bonchev–Trinajstić information content (AvgIpc) is 3.45. The minimum absolute atomic E-state index is 0.00862. The van der Waals surface area contributed by atoms with E-state index >= 15 is 0 Å². The molecule has 1 N–H and O–H groups in total. The maximum Gasteiger partial charge on any atom is 0.264 e. The van der Waals surface area contributed by atoms with Crippen LogP contribution in [0.3, 0.4) is 0 Å². The molecule has 1 atom stereocenters. The molecule has 1 aliphatic rings. The molecule has 0 heterocycles. The molecule has 218 valence electrons. The summed E-state index contributed by atoms with van der Waals surface area (Å²) in [6, 6.07) is 16.0. The zero-order chi connectivity index (χ0) is 29.7. The summed E-state index contributed by atoms with van der Waals surface area (Å²) in [5.74, 6) is -1.33. The van der Waals surface area contributed by atoms with E-state index < -0.39 is 34.3 Å². The Morgan fingerprint density at radius 2 is 1.63 bits per heavy atom. The highest BCUT2D eigenvalue weighted by atomic mass is 35.5. The third-order valence-electron chi connectivity index (χ3n) is 7.46. The molecule has 1 saturated carbocycles. The molecule has 0 unspecified atom stereocenters. The van der Waals surface area contributed by atoms with Crippen molar-refractivity contribution in [3.05, 3.63) is 94.3 Å². The van der Waals surface area contributed by atoms with Gasteiger partial charge in [-0.05, 0) is 81.1 Å². The topological polar surface area (TPSA) is 86.8 Å². The fourth-order valence-electron chi connectivity index (χ4n) is 4.96. The number of amides is 2. The first-order valence-electron chi connectivity index (χ1n) is 13.7.